The minimum atomic E-state index is -0.776. The maximum Gasteiger partial charge on any atom is 0.194 e. The van der Waals surface area contributed by atoms with Gasteiger partial charge in [-0.05, 0) is 18.2 Å². The Labute approximate surface area is 117 Å². The first-order valence-corrected chi connectivity index (χ1v) is 6.82. The van der Waals surface area contributed by atoms with E-state index in [0.717, 1.165) is 0 Å². The monoisotopic (exact) mass is 278 g/mol. The number of carbonyl (C=O) groups excluding carboxylic acids is 1. The van der Waals surface area contributed by atoms with Gasteiger partial charge in [0, 0.05) is 38.7 Å². The molecule has 1 aromatic carbocycles. The Kier molecular flexibility index (Phi) is 3.63. The van der Waals surface area contributed by atoms with Crippen LogP contribution >= 0.6 is 0 Å². The van der Waals surface area contributed by atoms with Crippen molar-refractivity contribution < 1.29 is 23.7 Å². The molecule has 1 fully saturated rings. The van der Waals surface area contributed by atoms with E-state index in [1.807, 2.05) is 0 Å². The van der Waals surface area contributed by atoms with E-state index < -0.39 is 5.60 Å². The van der Waals surface area contributed by atoms with E-state index in [-0.39, 0.29) is 5.78 Å². The van der Waals surface area contributed by atoms with Gasteiger partial charge in [0.2, 0.25) is 0 Å². The minimum absolute atomic E-state index is 0.0136. The Morgan fingerprint density at radius 3 is 2.50 bits per heavy atom. The standard InChI is InChI=1S/C15H18O5/c1-17-15(4-6-18-7-5-15)14(16)11-2-3-12-13(10-11)20-9-8-19-12/h2-3,10H,4-9H2,1H3. The lowest BCUT2D eigenvalue weighted by molar-refractivity contribution is -0.0663. The topological polar surface area (TPSA) is 54.0 Å². The lowest BCUT2D eigenvalue weighted by Gasteiger charge is -2.34. The van der Waals surface area contributed by atoms with Crippen LogP contribution < -0.4 is 9.47 Å². The fraction of sp³-hybridized carbons (Fsp3) is 0.533. The van der Waals surface area contributed by atoms with Crippen LogP contribution in [0.1, 0.15) is 23.2 Å². The molecule has 0 spiro atoms. The number of methoxy groups -OCH3 is 1. The largest absolute Gasteiger partial charge is 0.486 e. The van der Waals surface area contributed by atoms with Crippen LogP contribution in [0.2, 0.25) is 0 Å². The molecule has 1 aromatic rings. The third-order valence-electron chi connectivity index (χ3n) is 3.91. The van der Waals surface area contributed by atoms with Crippen LogP contribution in [0, 0.1) is 0 Å². The first-order chi connectivity index (χ1) is 9.75. The predicted octanol–water partition coefficient (Wildman–Crippen LogP) is 1.84. The molecule has 20 heavy (non-hydrogen) atoms. The van der Waals surface area contributed by atoms with Crippen molar-refractivity contribution in [2.75, 3.05) is 33.5 Å². The summed E-state index contributed by atoms with van der Waals surface area (Å²) in [6.07, 6.45) is 1.16. The molecule has 0 amide bonds. The molecule has 2 aliphatic heterocycles. The summed E-state index contributed by atoms with van der Waals surface area (Å²) < 4.78 is 21.9. The van der Waals surface area contributed by atoms with Crippen LogP contribution in [0.25, 0.3) is 0 Å². The number of ether oxygens (including phenoxy) is 4. The maximum absolute atomic E-state index is 12.8. The molecular formula is C15H18O5. The van der Waals surface area contributed by atoms with Crippen LogP contribution in [0.5, 0.6) is 11.5 Å². The highest BCUT2D eigenvalue weighted by Gasteiger charge is 2.40. The normalized spacial score (nSPS) is 20.4. The van der Waals surface area contributed by atoms with Crippen LogP contribution in [-0.2, 0) is 9.47 Å². The number of fused-ring (bicyclic) bond motifs is 1. The van der Waals surface area contributed by atoms with Crippen molar-refractivity contribution in [1.82, 2.24) is 0 Å². The molecule has 0 atom stereocenters. The van der Waals surface area contributed by atoms with E-state index in [0.29, 0.717) is 56.3 Å². The quantitative estimate of drug-likeness (QED) is 0.790. The molecule has 0 bridgehead atoms. The number of hydrogen-bond donors (Lipinski definition) is 0. The van der Waals surface area contributed by atoms with Crippen molar-refractivity contribution in [1.29, 1.82) is 0 Å². The van der Waals surface area contributed by atoms with Gasteiger partial charge in [-0.1, -0.05) is 0 Å². The molecular weight excluding hydrogens is 260 g/mol. The second-order valence-electron chi connectivity index (χ2n) is 5.00. The van der Waals surface area contributed by atoms with Crippen molar-refractivity contribution in [3.8, 4) is 11.5 Å². The third-order valence-corrected chi connectivity index (χ3v) is 3.91. The van der Waals surface area contributed by atoms with Gasteiger partial charge in [-0.3, -0.25) is 4.79 Å². The zero-order valence-corrected chi connectivity index (χ0v) is 11.5. The molecule has 0 aromatic heterocycles. The summed E-state index contributed by atoms with van der Waals surface area (Å²) >= 11 is 0. The van der Waals surface area contributed by atoms with Gasteiger partial charge < -0.3 is 18.9 Å². The van der Waals surface area contributed by atoms with E-state index in [1.54, 1.807) is 25.3 Å². The second kappa shape index (κ2) is 5.42. The smallest absolute Gasteiger partial charge is 0.194 e. The van der Waals surface area contributed by atoms with Gasteiger partial charge >= 0.3 is 0 Å². The Morgan fingerprint density at radius 1 is 1.10 bits per heavy atom. The zero-order valence-electron chi connectivity index (χ0n) is 11.5. The van der Waals surface area contributed by atoms with E-state index in [1.165, 1.54) is 0 Å². The summed E-state index contributed by atoms with van der Waals surface area (Å²) in [5, 5.41) is 0. The third kappa shape index (κ3) is 2.27. The van der Waals surface area contributed by atoms with E-state index in [9.17, 15) is 4.79 Å². The van der Waals surface area contributed by atoms with E-state index in [4.69, 9.17) is 18.9 Å². The van der Waals surface area contributed by atoms with Gasteiger partial charge in [-0.15, -0.1) is 0 Å². The molecule has 2 heterocycles. The average Bonchev–Trinajstić information content (AvgIpc) is 2.54. The summed E-state index contributed by atoms with van der Waals surface area (Å²) in [7, 11) is 1.58. The fourth-order valence-corrected chi connectivity index (χ4v) is 2.67. The molecule has 0 aliphatic carbocycles. The second-order valence-corrected chi connectivity index (χ2v) is 5.00. The highest BCUT2D eigenvalue weighted by Crippen LogP contribution is 2.34. The van der Waals surface area contributed by atoms with Crippen molar-refractivity contribution >= 4 is 5.78 Å². The highest BCUT2D eigenvalue weighted by molar-refractivity contribution is 6.03. The number of Topliss-reactive ketones (excluding diaryl/α,β-unsaturated/α-hetero) is 1. The Bertz CT molecular complexity index is 505. The van der Waals surface area contributed by atoms with Crippen molar-refractivity contribution in [2.45, 2.75) is 18.4 Å². The summed E-state index contributed by atoms with van der Waals surface area (Å²) in [4.78, 5) is 12.8. The molecule has 1 saturated heterocycles. The summed E-state index contributed by atoms with van der Waals surface area (Å²) in [5.41, 5.74) is -0.180. The summed E-state index contributed by atoms with van der Waals surface area (Å²) in [6, 6.07) is 5.30. The van der Waals surface area contributed by atoms with Gasteiger partial charge in [0.25, 0.3) is 0 Å². The average molecular weight is 278 g/mol. The predicted molar refractivity (Wildman–Crippen MR) is 71.6 cm³/mol. The molecule has 0 radical (unpaired) electrons. The number of ketones is 1. The van der Waals surface area contributed by atoms with Gasteiger partial charge in [0.15, 0.2) is 17.3 Å². The molecule has 2 aliphatic rings. The summed E-state index contributed by atoms with van der Waals surface area (Å²) in [6.45, 7) is 2.14. The number of rotatable bonds is 3. The number of hydrogen-bond acceptors (Lipinski definition) is 5. The van der Waals surface area contributed by atoms with Crippen molar-refractivity contribution in [2.24, 2.45) is 0 Å². The molecule has 0 saturated carbocycles. The molecule has 108 valence electrons. The lowest BCUT2D eigenvalue weighted by Crippen LogP contribution is -2.45. The first-order valence-electron chi connectivity index (χ1n) is 6.82. The lowest BCUT2D eigenvalue weighted by atomic mass is 9.85. The minimum Gasteiger partial charge on any atom is -0.486 e. The Balaban J connectivity index is 1.89. The van der Waals surface area contributed by atoms with Crippen LogP contribution in [0.4, 0.5) is 0 Å². The molecule has 5 nitrogen and oxygen atoms in total. The van der Waals surface area contributed by atoms with Crippen LogP contribution in [-0.4, -0.2) is 44.9 Å². The van der Waals surface area contributed by atoms with E-state index in [2.05, 4.69) is 0 Å². The fourth-order valence-electron chi connectivity index (χ4n) is 2.67. The van der Waals surface area contributed by atoms with Crippen molar-refractivity contribution in [3.05, 3.63) is 23.8 Å². The maximum atomic E-state index is 12.8. The number of carbonyl (C=O) groups is 1. The van der Waals surface area contributed by atoms with Crippen molar-refractivity contribution in [3.63, 3.8) is 0 Å². The van der Waals surface area contributed by atoms with Crippen LogP contribution in [0.15, 0.2) is 18.2 Å². The summed E-state index contributed by atoms with van der Waals surface area (Å²) in [5.74, 6) is 1.30. The molecule has 0 unspecified atom stereocenters. The molecule has 0 N–H and O–H groups in total. The Morgan fingerprint density at radius 2 is 1.80 bits per heavy atom. The van der Waals surface area contributed by atoms with Gasteiger partial charge in [0.05, 0.1) is 0 Å². The SMILES string of the molecule is COC1(C(=O)c2ccc3c(c2)OCCO3)CCOCC1. The number of benzene rings is 1. The highest BCUT2D eigenvalue weighted by atomic mass is 16.6. The van der Waals surface area contributed by atoms with Gasteiger partial charge in [-0.2, -0.15) is 0 Å². The first kappa shape index (κ1) is 13.4. The van der Waals surface area contributed by atoms with Crippen LogP contribution in [0.3, 0.4) is 0 Å². The van der Waals surface area contributed by atoms with Gasteiger partial charge in [-0.25, -0.2) is 0 Å². The molecule has 5 heteroatoms. The van der Waals surface area contributed by atoms with Gasteiger partial charge in [0.1, 0.15) is 18.8 Å². The molecule has 3 rings (SSSR count). The Hall–Kier alpha value is -1.59. The van der Waals surface area contributed by atoms with E-state index >= 15 is 0 Å². The zero-order chi connectivity index (χ0) is 14.0.